The van der Waals surface area contributed by atoms with Crippen molar-refractivity contribution >= 4 is 21.1 Å². The highest BCUT2D eigenvalue weighted by Crippen LogP contribution is 2.34. The minimum absolute atomic E-state index is 0.0852. The molecule has 1 saturated heterocycles. The largest absolute Gasteiger partial charge is 0.414 e. The van der Waals surface area contributed by atoms with Crippen molar-refractivity contribution in [1.82, 2.24) is 14.4 Å². The van der Waals surface area contributed by atoms with Crippen molar-refractivity contribution in [2.45, 2.75) is 30.0 Å². The van der Waals surface area contributed by atoms with Gasteiger partial charge in [0.2, 0.25) is 10.0 Å². The lowest BCUT2D eigenvalue weighted by Gasteiger charge is -2.33. The SMILES string of the molecule is O=S(=O)(c1cnc2onc(-c3ccccc3)c2c1)N1CCC(C(O)C(F)(F)F)CC1. The van der Waals surface area contributed by atoms with E-state index in [2.05, 4.69) is 10.1 Å². The number of sulfonamides is 1. The Bertz CT molecular complexity index is 1140. The number of nitrogens with zero attached hydrogens (tertiary/aromatic N) is 3. The Labute approximate surface area is 170 Å². The number of fused-ring (bicyclic) bond motifs is 1. The van der Waals surface area contributed by atoms with Gasteiger partial charge in [-0.05, 0) is 24.8 Å². The van der Waals surface area contributed by atoms with Crippen LogP contribution in [0.25, 0.3) is 22.4 Å². The third kappa shape index (κ3) is 3.80. The zero-order valence-electron chi connectivity index (χ0n) is 15.6. The molecule has 7 nitrogen and oxygen atoms in total. The molecule has 0 radical (unpaired) electrons. The Balaban J connectivity index is 1.59. The number of hydrogen-bond acceptors (Lipinski definition) is 6. The molecule has 1 aromatic carbocycles. The molecule has 1 unspecified atom stereocenters. The molecule has 1 atom stereocenters. The maximum absolute atomic E-state index is 13.0. The van der Waals surface area contributed by atoms with E-state index in [1.165, 1.54) is 6.07 Å². The maximum atomic E-state index is 13.0. The smallest absolute Gasteiger partial charge is 0.383 e. The Morgan fingerprint density at radius 3 is 2.47 bits per heavy atom. The van der Waals surface area contributed by atoms with Crippen LogP contribution < -0.4 is 0 Å². The molecular weight excluding hydrogens is 423 g/mol. The van der Waals surface area contributed by atoms with Crippen LogP contribution in [0.5, 0.6) is 0 Å². The lowest BCUT2D eigenvalue weighted by Crippen LogP contribution is -2.45. The van der Waals surface area contributed by atoms with E-state index in [-0.39, 0.29) is 36.5 Å². The fourth-order valence-electron chi connectivity index (χ4n) is 3.61. The van der Waals surface area contributed by atoms with E-state index in [0.717, 1.165) is 16.1 Å². The first-order valence-corrected chi connectivity index (χ1v) is 10.7. The zero-order chi connectivity index (χ0) is 21.5. The number of aliphatic hydroxyl groups is 1. The summed E-state index contributed by atoms with van der Waals surface area (Å²) in [6, 6.07) is 10.5. The lowest BCUT2D eigenvalue weighted by molar-refractivity contribution is -0.222. The summed E-state index contributed by atoms with van der Waals surface area (Å²) in [4.78, 5) is 3.95. The van der Waals surface area contributed by atoms with Gasteiger partial charge in [-0.15, -0.1) is 0 Å². The van der Waals surface area contributed by atoms with Crippen LogP contribution in [-0.2, 0) is 10.0 Å². The van der Waals surface area contributed by atoms with E-state index < -0.39 is 28.2 Å². The summed E-state index contributed by atoms with van der Waals surface area (Å²) in [6.07, 6.45) is -6.20. The fourth-order valence-corrected chi connectivity index (χ4v) is 5.05. The van der Waals surface area contributed by atoms with Gasteiger partial charge in [0.05, 0.1) is 11.6 Å². The van der Waals surface area contributed by atoms with E-state index in [9.17, 15) is 26.7 Å². The second kappa shape index (κ2) is 7.64. The van der Waals surface area contributed by atoms with Crippen molar-refractivity contribution in [3.8, 4) is 11.3 Å². The molecule has 0 aliphatic carbocycles. The number of rotatable bonds is 4. The van der Waals surface area contributed by atoms with E-state index in [1.54, 1.807) is 12.1 Å². The maximum Gasteiger partial charge on any atom is 0.414 e. The van der Waals surface area contributed by atoms with Gasteiger partial charge >= 0.3 is 6.18 Å². The molecule has 1 fully saturated rings. The number of hydrogen-bond donors (Lipinski definition) is 1. The molecule has 2 aromatic heterocycles. The van der Waals surface area contributed by atoms with E-state index >= 15 is 0 Å². The molecule has 1 aliphatic heterocycles. The summed E-state index contributed by atoms with van der Waals surface area (Å²) in [5.41, 5.74) is 1.36. The summed E-state index contributed by atoms with van der Waals surface area (Å²) in [5, 5.41) is 13.8. The minimum atomic E-state index is -4.72. The van der Waals surface area contributed by atoms with Crippen LogP contribution in [0.4, 0.5) is 13.2 Å². The highest BCUT2D eigenvalue weighted by atomic mass is 32.2. The molecule has 11 heteroatoms. The van der Waals surface area contributed by atoms with Gasteiger partial charge in [-0.25, -0.2) is 13.4 Å². The predicted octanol–water partition coefficient (Wildman–Crippen LogP) is 3.21. The summed E-state index contributed by atoms with van der Waals surface area (Å²) in [7, 11) is -3.98. The van der Waals surface area contributed by atoms with Crippen LogP contribution in [-0.4, -0.2) is 53.3 Å². The Hall–Kier alpha value is -2.50. The molecule has 1 aliphatic rings. The van der Waals surface area contributed by atoms with Crippen LogP contribution in [0.2, 0.25) is 0 Å². The lowest BCUT2D eigenvalue weighted by atomic mass is 9.92. The van der Waals surface area contributed by atoms with Crippen molar-refractivity contribution in [3.63, 3.8) is 0 Å². The highest BCUT2D eigenvalue weighted by Gasteiger charge is 2.45. The van der Waals surface area contributed by atoms with Crippen molar-refractivity contribution in [2.75, 3.05) is 13.1 Å². The van der Waals surface area contributed by atoms with Crippen LogP contribution in [0.3, 0.4) is 0 Å². The van der Waals surface area contributed by atoms with Crippen molar-refractivity contribution in [1.29, 1.82) is 0 Å². The summed E-state index contributed by atoms with van der Waals surface area (Å²) in [6.45, 7) is -0.235. The number of alkyl halides is 3. The monoisotopic (exact) mass is 441 g/mol. The first kappa shape index (κ1) is 20.8. The molecule has 30 heavy (non-hydrogen) atoms. The second-order valence-corrected chi connectivity index (χ2v) is 9.09. The standard InChI is InChI=1S/C19H18F3N3O4S/c20-19(21,22)17(26)13-6-8-25(9-7-13)30(27,28)14-10-15-16(12-4-2-1-3-5-12)24-29-18(15)23-11-14/h1-5,10-11,13,17,26H,6-9H2. The van der Waals surface area contributed by atoms with Gasteiger partial charge in [0.15, 0.2) is 6.10 Å². The number of aliphatic hydroxyl groups excluding tert-OH is 1. The first-order valence-electron chi connectivity index (χ1n) is 9.23. The van der Waals surface area contributed by atoms with Gasteiger partial charge in [-0.3, -0.25) is 0 Å². The Kier molecular flexibility index (Phi) is 5.28. The Morgan fingerprint density at radius 2 is 1.83 bits per heavy atom. The Morgan fingerprint density at radius 1 is 1.17 bits per heavy atom. The number of benzene rings is 1. The zero-order valence-corrected chi connectivity index (χ0v) is 16.4. The van der Waals surface area contributed by atoms with E-state index in [1.807, 2.05) is 18.2 Å². The fraction of sp³-hybridized carbons (Fsp3) is 0.368. The number of pyridine rings is 1. The van der Waals surface area contributed by atoms with Crippen LogP contribution >= 0.6 is 0 Å². The topological polar surface area (TPSA) is 96.5 Å². The number of aromatic nitrogens is 2. The van der Waals surface area contributed by atoms with Crippen molar-refractivity contribution < 1.29 is 31.2 Å². The summed E-state index contributed by atoms with van der Waals surface area (Å²) >= 11 is 0. The molecule has 1 N–H and O–H groups in total. The molecule has 4 rings (SSSR count). The quantitative estimate of drug-likeness (QED) is 0.668. The average Bonchev–Trinajstić information content (AvgIpc) is 3.16. The molecule has 0 saturated carbocycles. The van der Waals surface area contributed by atoms with Gasteiger partial charge in [0.25, 0.3) is 5.71 Å². The van der Waals surface area contributed by atoms with Gasteiger partial charge in [0.1, 0.15) is 10.6 Å². The van der Waals surface area contributed by atoms with E-state index in [0.29, 0.717) is 11.1 Å². The summed E-state index contributed by atoms with van der Waals surface area (Å²) in [5.74, 6) is -1.03. The van der Waals surface area contributed by atoms with Crippen molar-refractivity contribution in [2.24, 2.45) is 5.92 Å². The molecule has 3 heterocycles. The third-order valence-electron chi connectivity index (χ3n) is 5.27. The molecular formula is C19H18F3N3O4S. The van der Waals surface area contributed by atoms with E-state index in [4.69, 9.17) is 4.52 Å². The first-order chi connectivity index (χ1) is 14.2. The molecule has 0 spiro atoms. The van der Waals surface area contributed by atoms with Crippen molar-refractivity contribution in [3.05, 3.63) is 42.6 Å². The van der Waals surface area contributed by atoms with Gasteiger partial charge in [-0.1, -0.05) is 35.5 Å². The number of piperidine rings is 1. The van der Waals surface area contributed by atoms with Gasteiger partial charge < -0.3 is 9.63 Å². The highest BCUT2D eigenvalue weighted by molar-refractivity contribution is 7.89. The molecule has 160 valence electrons. The molecule has 3 aromatic rings. The number of halogens is 3. The predicted molar refractivity (Wildman–Crippen MR) is 101 cm³/mol. The normalized spacial score (nSPS) is 18.0. The third-order valence-corrected chi connectivity index (χ3v) is 7.13. The molecule has 0 amide bonds. The second-order valence-electron chi connectivity index (χ2n) is 7.15. The van der Waals surface area contributed by atoms with Gasteiger partial charge in [-0.2, -0.15) is 17.5 Å². The summed E-state index contributed by atoms with van der Waals surface area (Å²) < 4.78 is 70.5. The average molecular weight is 441 g/mol. The minimum Gasteiger partial charge on any atom is -0.383 e. The van der Waals surface area contributed by atoms with Gasteiger partial charge in [0, 0.05) is 18.7 Å². The van der Waals surface area contributed by atoms with Crippen LogP contribution in [0, 0.1) is 5.92 Å². The van der Waals surface area contributed by atoms with Crippen LogP contribution in [0.1, 0.15) is 12.8 Å². The van der Waals surface area contributed by atoms with Crippen LogP contribution in [0.15, 0.2) is 52.0 Å². The molecule has 0 bridgehead atoms.